The molecule has 22 heavy (non-hydrogen) atoms. The first-order valence-electron chi connectivity index (χ1n) is 7.56. The summed E-state index contributed by atoms with van der Waals surface area (Å²) in [5, 5.41) is -0.490. The van der Waals surface area contributed by atoms with Crippen LogP contribution in [0.4, 0.5) is 0 Å². The van der Waals surface area contributed by atoms with Crippen LogP contribution in [0, 0.1) is 0 Å². The lowest BCUT2D eigenvalue weighted by atomic mass is 9.87. The zero-order chi connectivity index (χ0) is 16.4. The molecular formula is C19H24O2S. The predicted octanol–water partition coefficient (Wildman–Crippen LogP) is 4.66. The van der Waals surface area contributed by atoms with E-state index < -0.39 is 15.1 Å². The average molecular weight is 316 g/mol. The summed E-state index contributed by atoms with van der Waals surface area (Å²) in [6, 6.07) is 17.3. The molecule has 1 unspecified atom stereocenters. The maximum absolute atomic E-state index is 12.6. The van der Waals surface area contributed by atoms with Crippen molar-refractivity contribution in [2.45, 2.75) is 44.1 Å². The summed E-state index contributed by atoms with van der Waals surface area (Å²) in [4.78, 5) is 0. The number of benzene rings is 2. The lowest BCUT2D eigenvalue weighted by Gasteiger charge is -2.19. The van der Waals surface area contributed by atoms with Gasteiger partial charge in [-0.1, -0.05) is 75.4 Å². The highest BCUT2D eigenvalue weighted by atomic mass is 32.2. The maximum Gasteiger partial charge on any atom is 0.161 e. The van der Waals surface area contributed by atoms with Gasteiger partial charge in [0.2, 0.25) is 0 Å². The van der Waals surface area contributed by atoms with E-state index in [1.165, 1.54) is 5.56 Å². The highest BCUT2D eigenvalue weighted by Crippen LogP contribution is 2.27. The van der Waals surface area contributed by atoms with E-state index in [0.29, 0.717) is 0 Å². The highest BCUT2D eigenvalue weighted by molar-refractivity contribution is 7.90. The number of sulfone groups is 1. The van der Waals surface area contributed by atoms with Gasteiger partial charge in [0.1, 0.15) is 0 Å². The van der Waals surface area contributed by atoms with Gasteiger partial charge < -0.3 is 0 Å². The second-order valence-electron chi connectivity index (χ2n) is 6.81. The van der Waals surface area contributed by atoms with E-state index in [1.807, 2.05) is 54.6 Å². The largest absolute Gasteiger partial charge is 0.228 e. The lowest BCUT2D eigenvalue weighted by Crippen LogP contribution is -2.14. The topological polar surface area (TPSA) is 34.1 Å². The van der Waals surface area contributed by atoms with Gasteiger partial charge in [0.05, 0.1) is 11.0 Å². The van der Waals surface area contributed by atoms with Crippen molar-refractivity contribution in [2.75, 3.05) is 0 Å². The number of hydrogen-bond donors (Lipinski definition) is 0. The van der Waals surface area contributed by atoms with Gasteiger partial charge in [0.25, 0.3) is 0 Å². The molecule has 0 aliphatic rings. The first-order valence-corrected chi connectivity index (χ1v) is 9.27. The van der Waals surface area contributed by atoms with E-state index in [9.17, 15) is 8.42 Å². The predicted molar refractivity (Wildman–Crippen MR) is 92.6 cm³/mol. The van der Waals surface area contributed by atoms with Gasteiger partial charge in [0.15, 0.2) is 9.84 Å². The Labute approximate surface area is 134 Å². The third-order valence-electron chi connectivity index (χ3n) is 4.00. The fraction of sp³-hybridized carbons (Fsp3) is 0.368. The summed E-state index contributed by atoms with van der Waals surface area (Å²) in [5.74, 6) is 0.0769. The van der Waals surface area contributed by atoms with Gasteiger partial charge in [-0.15, -0.1) is 0 Å². The van der Waals surface area contributed by atoms with Gasteiger partial charge in [0, 0.05) is 0 Å². The highest BCUT2D eigenvalue weighted by Gasteiger charge is 2.23. The van der Waals surface area contributed by atoms with Crippen molar-refractivity contribution in [1.29, 1.82) is 0 Å². The van der Waals surface area contributed by atoms with Crippen molar-refractivity contribution in [3.8, 4) is 0 Å². The standard InChI is InChI=1S/C19H24O2S/c1-15(17-8-6-5-7-9-17)22(20,21)14-16-10-12-18(13-11-16)19(2,3)4/h5-13,15H,14H2,1-4H3. The smallest absolute Gasteiger partial charge is 0.161 e. The molecule has 0 amide bonds. The van der Waals surface area contributed by atoms with Crippen LogP contribution in [-0.2, 0) is 21.0 Å². The lowest BCUT2D eigenvalue weighted by molar-refractivity contribution is 0.585. The maximum atomic E-state index is 12.6. The average Bonchev–Trinajstić information content (AvgIpc) is 2.46. The van der Waals surface area contributed by atoms with Crippen LogP contribution >= 0.6 is 0 Å². The van der Waals surface area contributed by atoms with E-state index in [0.717, 1.165) is 11.1 Å². The molecule has 2 aromatic rings. The first kappa shape index (κ1) is 16.8. The SMILES string of the molecule is CC(c1ccccc1)S(=O)(=O)Cc1ccc(C(C)(C)C)cc1. The molecule has 118 valence electrons. The quantitative estimate of drug-likeness (QED) is 0.822. The second kappa shape index (κ2) is 6.25. The second-order valence-corrected chi connectivity index (χ2v) is 9.13. The van der Waals surface area contributed by atoms with Crippen molar-refractivity contribution < 1.29 is 8.42 Å². The normalized spacial score (nSPS) is 13.8. The zero-order valence-corrected chi connectivity index (χ0v) is 14.5. The molecular weight excluding hydrogens is 292 g/mol. The molecule has 0 spiro atoms. The molecule has 3 heteroatoms. The summed E-state index contributed by atoms with van der Waals surface area (Å²) in [6.45, 7) is 8.21. The van der Waals surface area contributed by atoms with Crippen LogP contribution in [-0.4, -0.2) is 8.42 Å². The molecule has 2 rings (SSSR count). The van der Waals surface area contributed by atoms with Gasteiger partial charge in [-0.3, -0.25) is 0 Å². The number of rotatable bonds is 4. The minimum absolute atomic E-state index is 0.0769. The summed E-state index contributed by atoms with van der Waals surface area (Å²) in [5.41, 5.74) is 2.98. The Kier molecular flexibility index (Phi) is 4.76. The molecule has 0 aromatic heterocycles. The van der Waals surface area contributed by atoms with Crippen LogP contribution in [0.3, 0.4) is 0 Å². The van der Waals surface area contributed by atoms with Crippen molar-refractivity contribution >= 4 is 9.84 Å². The molecule has 0 fully saturated rings. The molecule has 0 heterocycles. The summed E-state index contributed by atoms with van der Waals surface area (Å²) in [7, 11) is -3.21. The van der Waals surface area contributed by atoms with Crippen molar-refractivity contribution in [3.05, 3.63) is 71.3 Å². The van der Waals surface area contributed by atoms with E-state index in [2.05, 4.69) is 20.8 Å². The fourth-order valence-electron chi connectivity index (χ4n) is 2.39. The van der Waals surface area contributed by atoms with Crippen LogP contribution in [0.25, 0.3) is 0 Å². The number of hydrogen-bond acceptors (Lipinski definition) is 2. The molecule has 1 atom stereocenters. The first-order chi connectivity index (χ1) is 10.2. The minimum Gasteiger partial charge on any atom is -0.228 e. The Balaban J connectivity index is 2.19. The molecule has 2 aromatic carbocycles. The van der Waals surface area contributed by atoms with Gasteiger partial charge in [-0.25, -0.2) is 8.42 Å². The Bertz CT molecular complexity index is 708. The Morgan fingerprint density at radius 2 is 1.45 bits per heavy atom. The monoisotopic (exact) mass is 316 g/mol. The van der Waals surface area contributed by atoms with Crippen LogP contribution < -0.4 is 0 Å². The van der Waals surface area contributed by atoms with Crippen LogP contribution in [0.15, 0.2) is 54.6 Å². The van der Waals surface area contributed by atoms with Gasteiger partial charge in [-0.2, -0.15) is 0 Å². The van der Waals surface area contributed by atoms with Crippen molar-refractivity contribution in [3.63, 3.8) is 0 Å². The minimum atomic E-state index is -3.21. The van der Waals surface area contributed by atoms with Crippen LogP contribution in [0.2, 0.25) is 0 Å². The van der Waals surface area contributed by atoms with Gasteiger partial charge in [-0.05, 0) is 29.0 Å². The molecule has 0 aliphatic carbocycles. The van der Waals surface area contributed by atoms with Crippen molar-refractivity contribution in [2.24, 2.45) is 0 Å². The molecule has 0 saturated carbocycles. The molecule has 0 saturated heterocycles. The molecule has 0 aliphatic heterocycles. The molecule has 0 N–H and O–H groups in total. The molecule has 0 radical (unpaired) electrons. The van der Waals surface area contributed by atoms with E-state index in [4.69, 9.17) is 0 Å². The van der Waals surface area contributed by atoms with E-state index >= 15 is 0 Å². The summed E-state index contributed by atoms with van der Waals surface area (Å²) >= 11 is 0. The summed E-state index contributed by atoms with van der Waals surface area (Å²) < 4.78 is 25.2. The third-order valence-corrected chi connectivity index (χ3v) is 6.08. The van der Waals surface area contributed by atoms with Gasteiger partial charge >= 0.3 is 0 Å². The molecule has 2 nitrogen and oxygen atoms in total. The summed E-state index contributed by atoms with van der Waals surface area (Å²) in [6.07, 6.45) is 0. The van der Waals surface area contributed by atoms with E-state index in [1.54, 1.807) is 6.92 Å². The zero-order valence-electron chi connectivity index (χ0n) is 13.7. The van der Waals surface area contributed by atoms with Crippen molar-refractivity contribution in [1.82, 2.24) is 0 Å². The Hall–Kier alpha value is -1.61. The van der Waals surface area contributed by atoms with Crippen LogP contribution in [0.5, 0.6) is 0 Å². The van der Waals surface area contributed by atoms with Crippen LogP contribution in [0.1, 0.15) is 49.6 Å². The Morgan fingerprint density at radius 3 is 1.95 bits per heavy atom. The Morgan fingerprint density at radius 1 is 0.909 bits per heavy atom. The third kappa shape index (κ3) is 3.98. The molecule has 0 bridgehead atoms. The fourth-order valence-corrected chi connectivity index (χ4v) is 3.87. The van der Waals surface area contributed by atoms with E-state index in [-0.39, 0.29) is 11.2 Å².